The molecule has 0 aliphatic heterocycles. The third-order valence-electron chi connectivity index (χ3n) is 3.19. The highest BCUT2D eigenvalue weighted by Crippen LogP contribution is 2.23. The maximum absolute atomic E-state index is 11.8. The van der Waals surface area contributed by atoms with Crippen molar-refractivity contribution < 1.29 is 4.79 Å². The molecule has 0 bridgehead atoms. The van der Waals surface area contributed by atoms with E-state index in [-0.39, 0.29) is 5.91 Å². The van der Waals surface area contributed by atoms with Gasteiger partial charge in [0.25, 0.3) is 0 Å². The zero-order valence-corrected chi connectivity index (χ0v) is 13.9. The Balaban J connectivity index is 1.69. The summed E-state index contributed by atoms with van der Waals surface area (Å²) in [6.45, 7) is 2.69. The highest BCUT2D eigenvalue weighted by molar-refractivity contribution is 9.11. The minimum atomic E-state index is 0.129. The van der Waals surface area contributed by atoms with Crippen LogP contribution in [0, 0.1) is 6.92 Å². The summed E-state index contributed by atoms with van der Waals surface area (Å²) in [5, 5.41) is 2.99. The van der Waals surface area contributed by atoms with E-state index in [1.807, 2.05) is 12.1 Å². The molecular formula is C16H18BrNOS. The summed E-state index contributed by atoms with van der Waals surface area (Å²) in [6.07, 6.45) is 2.45. The Bertz CT molecular complexity index is 579. The number of nitrogens with one attached hydrogen (secondary N) is 1. The summed E-state index contributed by atoms with van der Waals surface area (Å²) in [4.78, 5) is 13.1. The zero-order chi connectivity index (χ0) is 14.4. The number of halogens is 1. The molecule has 1 amide bonds. The van der Waals surface area contributed by atoms with Gasteiger partial charge in [-0.05, 0) is 59.0 Å². The maximum atomic E-state index is 11.8. The van der Waals surface area contributed by atoms with Crippen molar-refractivity contribution in [1.82, 2.24) is 5.32 Å². The molecular weight excluding hydrogens is 334 g/mol. The molecule has 20 heavy (non-hydrogen) atoms. The largest absolute Gasteiger partial charge is 0.352 e. The number of carbonyl (C=O) groups is 1. The molecule has 2 rings (SSSR count). The molecule has 1 N–H and O–H groups in total. The van der Waals surface area contributed by atoms with Gasteiger partial charge in [0, 0.05) is 17.8 Å². The molecule has 2 nitrogen and oxygen atoms in total. The third kappa shape index (κ3) is 4.76. The van der Waals surface area contributed by atoms with E-state index in [9.17, 15) is 4.79 Å². The van der Waals surface area contributed by atoms with Crippen LogP contribution in [0.25, 0.3) is 0 Å². The van der Waals surface area contributed by atoms with Gasteiger partial charge in [-0.15, -0.1) is 11.3 Å². The second-order valence-electron chi connectivity index (χ2n) is 4.76. The smallest absolute Gasteiger partial charge is 0.220 e. The van der Waals surface area contributed by atoms with Crippen LogP contribution in [0.4, 0.5) is 0 Å². The summed E-state index contributed by atoms with van der Waals surface area (Å²) < 4.78 is 1.15. The van der Waals surface area contributed by atoms with Crippen LogP contribution in [0.15, 0.2) is 40.2 Å². The Morgan fingerprint density at radius 2 is 2.05 bits per heavy atom. The van der Waals surface area contributed by atoms with E-state index >= 15 is 0 Å². The number of benzene rings is 1. The lowest BCUT2D eigenvalue weighted by atomic mass is 10.1. The molecule has 0 aliphatic rings. The SMILES string of the molecule is Cc1ccccc1CNC(=O)CCCc1ccc(Br)s1. The van der Waals surface area contributed by atoms with Gasteiger partial charge >= 0.3 is 0 Å². The third-order valence-corrected chi connectivity index (χ3v) is 4.88. The number of aryl methyl sites for hydroxylation is 2. The van der Waals surface area contributed by atoms with Crippen molar-refractivity contribution in [2.24, 2.45) is 0 Å². The topological polar surface area (TPSA) is 29.1 Å². The van der Waals surface area contributed by atoms with Crippen molar-refractivity contribution in [1.29, 1.82) is 0 Å². The molecule has 0 unspecified atom stereocenters. The quantitative estimate of drug-likeness (QED) is 0.817. The van der Waals surface area contributed by atoms with E-state index < -0.39 is 0 Å². The van der Waals surface area contributed by atoms with Crippen LogP contribution in [0.3, 0.4) is 0 Å². The van der Waals surface area contributed by atoms with E-state index in [4.69, 9.17) is 0 Å². The zero-order valence-electron chi connectivity index (χ0n) is 11.5. The standard InChI is InChI=1S/C16H18BrNOS/c1-12-5-2-3-6-13(12)11-18-16(19)8-4-7-14-9-10-15(17)20-14/h2-3,5-6,9-10H,4,7-8,11H2,1H3,(H,18,19). The molecule has 0 fully saturated rings. The molecule has 0 atom stereocenters. The molecule has 0 aliphatic carbocycles. The van der Waals surface area contributed by atoms with Crippen molar-refractivity contribution in [3.63, 3.8) is 0 Å². The molecule has 4 heteroatoms. The Labute approximate surface area is 132 Å². The van der Waals surface area contributed by atoms with E-state index in [1.165, 1.54) is 16.0 Å². The van der Waals surface area contributed by atoms with Crippen LogP contribution >= 0.6 is 27.3 Å². The van der Waals surface area contributed by atoms with Crippen molar-refractivity contribution in [2.45, 2.75) is 32.7 Å². The maximum Gasteiger partial charge on any atom is 0.220 e. The Morgan fingerprint density at radius 3 is 2.75 bits per heavy atom. The first-order valence-electron chi connectivity index (χ1n) is 6.70. The van der Waals surface area contributed by atoms with Crippen molar-refractivity contribution in [2.75, 3.05) is 0 Å². The first-order chi connectivity index (χ1) is 9.65. The first-order valence-corrected chi connectivity index (χ1v) is 8.31. The second-order valence-corrected chi connectivity index (χ2v) is 7.31. The van der Waals surface area contributed by atoms with Crippen LogP contribution < -0.4 is 5.32 Å². The van der Waals surface area contributed by atoms with Gasteiger partial charge in [0.2, 0.25) is 5.91 Å². The van der Waals surface area contributed by atoms with Gasteiger partial charge in [-0.1, -0.05) is 24.3 Å². The monoisotopic (exact) mass is 351 g/mol. The van der Waals surface area contributed by atoms with Crippen molar-refractivity contribution in [3.8, 4) is 0 Å². The molecule has 0 radical (unpaired) electrons. The number of hydrogen-bond acceptors (Lipinski definition) is 2. The summed E-state index contributed by atoms with van der Waals surface area (Å²) in [5.41, 5.74) is 2.40. The Hall–Kier alpha value is -1.13. The second kappa shape index (κ2) is 7.60. The van der Waals surface area contributed by atoms with Crippen LogP contribution in [0.2, 0.25) is 0 Å². The molecule has 0 spiro atoms. The summed E-state index contributed by atoms with van der Waals surface area (Å²) in [6, 6.07) is 12.3. The van der Waals surface area contributed by atoms with Gasteiger partial charge in [-0.2, -0.15) is 0 Å². The van der Waals surface area contributed by atoms with Gasteiger partial charge in [0.15, 0.2) is 0 Å². The Kier molecular flexibility index (Phi) is 5.80. The van der Waals surface area contributed by atoms with E-state index in [0.717, 1.165) is 16.6 Å². The van der Waals surface area contributed by atoms with Gasteiger partial charge in [-0.25, -0.2) is 0 Å². The fourth-order valence-corrected chi connectivity index (χ4v) is 3.52. The minimum absolute atomic E-state index is 0.129. The lowest BCUT2D eigenvalue weighted by Gasteiger charge is -2.07. The highest BCUT2D eigenvalue weighted by Gasteiger charge is 2.04. The van der Waals surface area contributed by atoms with Gasteiger partial charge < -0.3 is 5.32 Å². The van der Waals surface area contributed by atoms with Crippen LogP contribution in [0.1, 0.15) is 28.8 Å². The predicted octanol–water partition coefficient (Wildman–Crippen LogP) is 4.46. The first kappa shape index (κ1) is 15.3. The molecule has 2 aromatic rings. The fraction of sp³-hybridized carbons (Fsp3) is 0.312. The average molecular weight is 352 g/mol. The van der Waals surface area contributed by atoms with Crippen LogP contribution in [-0.2, 0) is 17.8 Å². The summed E-state index contributed by atoms with van der Waals surface area (Å²) in [7, 11) is 0. The normalized spacial score (nSPS) is 10.5. The van der Waals surface area contributed by atoms with E-state index in [2.05, 4.69) is 52.4 Å². The number of carbonyl (C=O) groups excluding carboxylic acids is 1. The van der Waals surface area contributed by atoms with Gasteiger partial charge in [0.1, 0.15) is 0 Å². The van der Waals surface area contributed by atoms with E-state index in [0.29, 0.717) is 13.0 Å². The van der Waals surface area contributed by atoms with Crippen LogP contribution in [0.5, 0.6) is 0 Å². The molecule has 0 saturated carbocycles. The number of amides is 1. The summed E-state index contributed by atoms with van der Waals surface area (Å²) in [5.74, 6) is 0.129. The van der Waals surface area contributed by atoms with Crippen LogP contribution in [-0.4, -0.2) is 5.91 Å². The van der Waals surface area contributed by atoms with Gasteiger partial charge in [0.05, 0.1) is 3.79 Å². The number of hydrogen-bond donors (Lipinski definition) is 1. The number of thiophene rings is 1. The van der Waals surface area contributed by atoms with Crippen molar-refractivity contribution in [3.05, 3.63) is 56.2 Å². The average Bonchev–Trinajstić information content (AvgIpc) is 2.83. The van der Waals surface area contributed by atoms with E-state index in [1.54, 1.807) is 11.3 Å². The Morgan fingerprint density at radius 1 is 1.25 bits per heavy atom. The molecule has 1 aromatic heterocycles. The number of rotatable bonds is 6. The summed E-state index contributed by atoms with van der Waals surface area (Å²) >= 11 is 5.19. The fourth-order valence-electron chi connectivity index (χ4n) is 2.00. The lowest BCUT2D eigenvalue weighted by molar-refractivity contribution is -0.121. The predicted molar refractivity (Wildman–Crippen MR) is 88.0 cm³/mol. The van der Waals surface area contributed by atoms with Gasteiger partial charge in [-0.3, -0.25) is 4.79 Å². The lowest BCUT2D eigenvalue weighted by Crippen LogP contribution is -2.22. The molecule has 0 saturated heterocycles. The molecule has 1 heterocycles. The van der Waals surface area contributed by atoms with Crippen molar-refractivity contribution >= 4 is 33.2 Å². The highest BCUT2D eigenvalue weighted by atomic mass is 79.9. The minimum Gasteiger partial charge on any atom is -0.352 e. The molecule has 1 aromatic carbocycles. The molecule has 106 valence electrons.